The largest absolute Gasteiger partial charge is 0.309 e. The van der Waals surface area contributed by atoms with E-state index >= 15 is 0 Å². The molecule has 0 spiro atoms. The molecule has 0 saturated carbocycles. The highest BCUT2D eigenvalue weighted by Crippen LogP contribution is 2.60. The van der Waals surface area contributed by atoms with Crippen LogP contribution in [0.1, 0.15) is 66.6 Å². The molecule has 2 heterocycles. The zero-order valence-electron chi connectivity index (χ0n) is 18.1. The highest BCUT2D eigenvalue weighted by molar-refractivity contribution is 5.93. The quantitative estimate of drug-likeness (QED) is 0.401. The molecule has 0 N–H and O–H groups in total. The van der Waals surface area contributed by atoms with Crippen LogP contribution in [0.4, 0.5) is 17.1 Å². The number of fused-ring (bicyclic) bond motifs is 4. The smallest absolute Gasteiger partial charge is 0.0543 e. The maximum absolute atomic E-state index is 2.53. The van der Waals surface area contributed by atoms with E-state index < -0.39 is 0 Å². The minimum Gasteiger partial charge on any atom is -0.309 e. The molecule has 0 aliphatic carbocycles. The van der Waals surface area contributed by atoms with E-state index in [0.29, 0.717) is 0 Å². The first-order valence-corrected chi connectivity index (χ1v) is 10.3. The molecule has 5 rings (SSSR count). The van der Waals surface area contributed by atoms with Crippen molar-refractivity contribution in [3.63, 3.8) is 0 Å². The molecule has 28 heavy (non-hydrogen) atoms. The summed E-state index contributed by atoms with van der Waals surface area (Å²) in [6, 6.07) is 18.7. The molecule has 0 aromatic heterocycles. The van der Waals surface area contributed by atoms with Gasteiger partial charge in [0.2, 0.25) is 0 Å². The summed E-state index contributed by atoms with van der Waals surface area (Å²) in [5.41, 5.74) is 13.7. The van der Waals surface area contributed by atoms with Crippen molar-refractivity contribution in [2.45, 2.75) is 59.3 Å². The Hall–Kier alpha value is -2.54. The summed E-state index contributed by atoms with van der Waals surface area (Å²) in [6.07, 6.45) is 0. The SMILES string of the molecule is Cc1ccc2c(c1)C(C)(C)c1cc(C)cc3c1N2c1ccc(C)cc1C3(C)C. The predicted octanol–water partition coefficient (Wildman–Crippen LogP) is 7.36. The van der Waals surface area contributed by atoms with E-state index in [1.54, 1.807) is 0 Å². The molecule has 0 unspecified atom stereocenters. The van der Waals surface area contributed by atoms with E-state index in [1.807, 2.05) is 0 Å². The molecular formula is C27H29N. The molecule has 0 fully saturated rings. The van der Waals surface area contributed by atoms with Gasteiger partial charge < -0.3 is 4.90 Å². The van der Waals surface area contributed by atoms with Gasteiger partial charge in [0.1, 0.15) is 0 Å². The highest BCUT2D eigenvalue weighted by atomic mass is 15.2. The van der Waals surface area contributed by atoms with Gasteiger partial charge in [-0.25, -0.2) is 0 Å². The summed E-state index contributed by atoms with van der Waals surface area (Å²) in [5, 5.41) is 0. The topological polar surface area (TPSA) is 3.24 Å². The summed E-state index contributed by atoms with van der Waals surface area (Å²) in [5.74, 6) is 0. The summed E-state index contributed by atoms with van der Waals surface area (Å²) in [6.45, 7) is 16.2. The van der Waals surface area contributed by atoms with Gasteiger partial charge in [0, 0.05) is 10.8 Å². The van der Waals surface area contributed by atoms with Crippen molar-refractivity contribution in [2.24, 2.45) is 0 Å². The van der Waals surface area contributed by atoms with Gasteiger partial charge in [-0.3, -0.25) is 0 Å². The third-order valence-corrected chi connectivity index (χ3v) is 6.96. The van der Waals surface area contributed by atoms with Crippen molar-refractivity contribution in [3.05, 3.63) is 87.5 Å². The fourth-order valence-electron chi connectivity index (χ4n) is 5.32. The monoisotopic (exact) mass is 367 g/mol. The summed E-state index contributed by atoms with van der Waals surface area (Å²) in [4.78, 5) is 2.53. The second-order valence-corrected chi connectivity index (χ2v) is 9.84. The zero-order valence-corrected chi connectivity index (χ0v) is 18.1. The summed E-state index contributed by atoms with van der Waals surface area (Å²) >= 11 is 0. The summed E-state index contributed by atoms with van der Waals surface area (Å²) < 4.78 is 0. The lowest BCUT2D eigenvalue weighted by atomic mass is 9.65. The molecule has 0 bridgehead atoms. The fourth-order valence-corrected chi connectivity index (χ4v) is 5.32. The first kappa shape index (κ1) is 17.6. The van der Waals surface area contributed by atoms with Crippen LogP contribution in [0.25, 0.3) is 0 Å². The summed E-state index contributed by atoms with van der Waals surface area (Å²) in [7, 11) is 0. The number of rotatable bonds is 0. The van der Waals surface area contributed by atoms with Gasteiger partial charge >= 0.3 is 0 Å². The Labute approximate surface area is 169 Å². The van der Waals surface area contributed by atoms with Crippen LogP contribution in [0.3, 0.4) is 0 Å². The number of anilines is 3. The lowest BCUT2D eigenvalue weighted by molar-refractivity contribution is 0.595. The van der Waals surface area contributed by atoms with Gasteiger partial charge in [-0.2, -0.15) is 0 Å². The van der Waals surface area contributed by atoms with Crippen LogP contribution in [0.5, 0.6) is 0 Å². The standard InChI is InChI=1S/C27H29N/c1-16-8-10-23-19(12-16)26(4,5)21-14-18(3)15-22-25(21)28(23)24-11-9-17(2)13-20(24)27(22,6)7/h8-15H,1-7H3. The van der Waals surface area contributed by atoms with Crippen molar-refractivity contribution in [2.75, 3.05) is 4.90 Å². The van der Waals surface area contributed by atoms with Gasteiger partial charge in [0.25, 0.3) is 0 Å². The van der Waals surface area contributed by atoms with E-state index in [2.05, 4.69) is 102 Å². The minimum atomic E-state index is -0.0216. The Morgan fingerprint density at radius 3 is 1.36 bits per heavy atom. The normalized spacial score (nSPS) is 17.6. The number of hydrogen-bond donors (Lipinski definition) is 0. The number of nitrogens with zero attached hydrogens (tertiary/aromatic N) is 1. The average Bonchev–Trinajstić information content (AvgIpc) is 2.62. The first-order chi connectivity index (χ1) is 13.1. The Morgan fingerprint density at radius 2 is 0.929 bits per heavy atom. The minimum absolute atomic E-state index is 0.0216. The molecule has 2 aliphatic rings. The average molecular weight is 368 g/mol. The van der Waals surface area contributed by atoms with Crippen LogP contribution in [0.2, 0.25) is 0 Å². The van der Waals surface area contributed by atoms with Crippen molar-refractivity contribution in [1.29, 1.82) is 0 Å². The Morgan fingerprint density at radius 1 is 0.536 bits per heavy atom. The highest BCUT2D eigenvalue weighted by Gasteiger charge is 2.45. The van der Waals surface area contributed by atoms with Gasteiger partial charge in [-0.05, 0) is 55.2 Å². The van der Waals surface area contributed by atoms with Gasteiger partial charge in [-0.15, -0.1) is 0 Å². The van der Waals surface area contributed by atoms with Crippen molar-refractivity contribution >= 4 is 17.1 Å². The van der Waals surface area contributed by atoms with E-state index in [4.69, 9.17) is 0 Å². The Bertz CT molecular complexity index is 1060. The third kappa shape index (κ3) is 2.08. The molecule has 3 aromatic carbocycles. The van der Waals surface area contributed by atoms with Crippen LogP contribution < -0.4 is 4.90 Å². The zero-order chi connectivity index (χ0) is 20.0. The molecular weight excluding hydrogens is 338 g/mol. The first-order valence-electron chi connectivity index (χ1n) is 10.3. The van der Waals surface area contributed by atoms with Crippen LogP contribution >= 0.6 is 0 Å². The molecule has 142 valence electrons. The molecule has 0 amide bonds. The molecule has 0 saturated heterocycles. The molecule has 2 aliphatic heterocycles. The van der Waals surface area contributed by atoms with E-state index in [-0.39, 0.29) is 10.8 Å². The van der Waals surface area contributed by atoms with Gasteiger partial charge in [0.05, 0.1) is 17.1 Å². The van der Waals surface area contributed by atoms with Crippen LogP contribution in [-0.2, 0) is 10.8 Å². The Balaban J connectivity index is 1.97. The molecule has 0 radical (unpaired) electrons. The molecule has 0 atom stereocenters. The second kappa shape index (κ2) is 5.29. The Kier molecular flexibility index (Phi) is 3.31. The van der Waals surface area contributed by atoms with Crippen LogP contribution in [0, 0.1) is 20.8 Å². The van der Waals surface area contributed by atoms with Crippen molar-refractivity contribution in [3.8, 4) is 0 Å². The van der Waals surface area contributed by atoms with E-state index in [1.165, 1.54) is 56.0 Å². The van der Waals surface area contributed by atoms with Gasteiger partial charge in [0.15, 0.2) is 0 Å². The van der Waals surface area contributed by atoms with Crippen LogP contribution in [-0.4, -0.2) is 0 Å². The van der Waals surface area contributed by atoms with E-state index in [9.17, 15) is 0 Å². The van der Waals surface area contributed by atoms with Crippen molar-refractivity contribution < 1.29 is 0 Å². The lowest BCUT2D eigenvalue weighted by Crippen LogP contribution is -2.38. The maximum Gasteiger partial charge on any atom is 0.0543 e. The molecule has 3 aromatic rings. The number of benzene rings is 3. The third-order valence-electron chi connectivity index (χ3n) is 6.96. The lowest BCUT2D eigenvalue weighted by Gasteiger charge is -2.49. The van der Waals surface area contributed by atoms with E-state index in [0.717, 1.165) is 0 Å². The number of hydrogen-bond acceptors (Lipinski definition) is 1. The van der Waals surface area contributed by atoms with Crippen LogP contribution in [0.15, 0.2) is 48.5 Å². The maximum atomic E-state index is 2.53. The molecule has 1 heteroatoms. The molecule has 1 nitrogen and oxygen atoms in total. The van der Waals surface area contributed by atoms with Crippen molar-refractivity contribution in [1.82, 2.24) is 0 Å². The predicted molar refractivity (Wildman–Crippen MR) is 120 cm³/mol. The number of aryl methyl sites for hydroxylation is 3. The fraction of sp³-hybridized carbons (Fsp3) is 0.333. The second-order valence-electron chi connectivity index (χ2n) is 9.84. The van der Waals surface area contributed by atoms with Gasteiger partial charge in [-0.1, -0.05) is 80.8 Å².